The van der Waals surface area contributed by atoms with Crippen LogP contribution in [0, 0.1) is 0 Å². The Morgan fingerprint density at radius 3 is 2.81 bits per heavy atom. The molecule has 0 bridgehead atoms. The number of hydrogen-bond donors (Lipinski definition) is 1. The van der Waals surface area contributed by atoms with E-state index < -0.39 is 5.97 Å². The van der Waals surface area contributed by atoms with Gasteiger partial charge in [0.2, 0.25) is 0 Å². The van der Waals surface area contributed by atoms with Crippen molar-refractivity contribution in [2.24, 2.45) is 0 Å². The standard InChI is InChI=1S/C11H14N2O3/c14-10(15)7-9-5-6-12-11(16)13(9)8-3-1-2-4-8/h5-6,8H,1-4,7H2,(H,14,15). The molecule has 0 aliphatic heterocycles. The van der Waals surface area contributed by atoms with E-state index in [9.17, 15) is 9.59 Å². The number of aliphatic carboxylic acids is 1. The van der Waals surface area contributed by atoms with Crippen molar-refractivity contribution in [3.05, 3.63) is 28.4 Å². The molecule has 2 rings (SSSR count). The molecule has 1 N–H and O–H groups in total. The highest BCUT2D eigenvalue weighted by Crippen LogP contribution is 2.29. The summed E-state index contributed by atoms with van der Waals surface area (Å²) in [6.07, 6.45) is 5.34. The highest BCUT2D eigenvalue weighted by atomic mass is 16.4. The van der Waals surface area contributed by atoms with E-state index in [1.807, 2.05) is 0 Å². The van der Waals surface area contributed by atoms with Crippen molar-refractivity contribution in [1.29, 1.82) is 0 Å². The Morgan fingerprint density at radius 2 is 2.19 bits per heavy atom. The van der Waals surface area contributed by atoms with Gasteiger partial charge < -0.3 is 5.11 Å². The maximum absolute atomic E-state index is 11.7. The van der Waals surface area contributed by atoms with E-state index in [0.29, 0.717) is 5.69 Å². The van der Waals surface area contributed by atoms with Crippen LogP contribution in [0.15, 0.2) is 17.1 Å². The van der Waals surface area contributed by atoms with E-state index >= 15 is 0 Å². The van der Waals surface area contributed by atoms with Gasteiger partial charge in [0.1, 0.15) is 0 Å². The number of carboxylic acids is 1. The van der Waals surface area contributed by atoms with Gasteiger partial charge in [0.15, 0.2) is 0 Å². The van der Waals surface area contributed by atoms with Crippen LogP contribution < -0.4 is 5.69 Å². The third-order valence-corrected chi connectivity index (χ3v) is 2.99. The van der Waals surface area contributed by atoms with Crippen molar-refractivity contribution in [1.82, 2.24) is 9.55 Å². The summed E-state index contributed by atoms with van der Waals surface area (Å²) in [6, 6.07) is 1.75. The maximum atomic E-state index is 11.7. The predicted molar refractivity (Wildman–Crippen MR) is 57.3 cm³/mol. The molecule has 0 radical (unpaired) electrons. The van der Waals surface area contributed by atoms with E-state index in [0.717, 1.165) is 25.7 Å². The Balaban J connectivity index is 2.39. The Hall–Kier alpha value is -1.65. The van der Waals surface area contributed by atoms with Gasteiger partial charge in [-0.05, 0) is 18.9 Å². The minimum absolute atomic E-state index is 0.117. The molecule has 1 aliphatic rings. The lowest BCUT2D eigenvalue weighted by Gasteiger charge is -2.16. The maximum Gasteiger partial charge on any atom is 0.347 e. The molecule has 1 fully saturated rings. The average Bonchev–Trinajstić information content (AvgIpc) is 2.69. The van der Waals surface area contributed by atoms with Gasteiger partial charge in [-0.15, -0.1) is 0 Å². The summed E-state index contributed by atoms with van der Waals surface area (Å²) in [5.74, 6) is -0.919. The normalized spacial score (nSPS) is 16.5. The Kier molecular flexibility index (Phi) is 3.03. The fourth-order valence-corrected chi connectivity index (χ4v) is 2.30. The average molecular weight is 222 g/mol. The lowest BCUT2D eigenvalue weighted by atomic mass is 10.2. The van der Waals surface area contributed by atoms with Gasteiger partial charge in [-0.2, -0.15) is 0 Å². The summed E-state index contributed by atoms with van der Waals surface area (Å²) in [7, 11) is 0. The van der Waals surface area contributed by atoms with Crippen LogP contribution in [-0.2, 0) is 11.2 Å². The Morgan fingerprint density at radius 1 is 1.50 bits per heavy atom. The zero-order chi connectivity index (χ0) is 11.5. The second-order valence-electron chi connectivity index (χ2n) is 4.10. The summed E-state index contributed by atoms with van der Waals surface area (Å²) in [5, 5.41) is 8.79. The van der Waals surface area contributed by atoms with E-state index in [-0.39, 0.29) is 18.2 Å². The summed E-state index contributed by atoms with van der Waals surface area (Å²) in [4.78, 5) is 26.1. The summed E-state index contributed by atoms with van der Waals surface area (Å²) < 4.78 is 1.56. The third-order valence-electron chi connectivity index (χ3n) is 2.99. The monoisotopic (exact) mass is 222 g/mol. The van der Waals surface area contributed by atoms with Gasteiger partial charge in [-0.1, -0.05) is 12.8 Å². The fourth-order valence-electron chi connectivity index (χ4n) is 2.30. The Labute approximate surface area is 92.7 Å². The van der Waals surface area contributed by atoms with Gasteiger partial charge in [0, 0.05) is 17.9 Å². The highest BCUT2D eigenvalue weighted by molar-refractivity contribution is 5.69. The number of aromatic nitrogens is 2. The van der Waals surface area contributed by atoms with Crippen LogP contribution in [0.5, 0.6) is 0 Å². The molecule has 1 heterocycles. The zero-order valence-electron chi connectivity index (χ0n) is 8.93. The molecule has 5 nitrogen and oxygen atoms in total. The molecule has 0 aromatic carbocycles. The van der Waals surface area contributed by atoms with E-state index in [1.165, 1.54) is 6.20 Å². The largest absolute Gasteiger partial charge is 0.481 e. The summed E-state index contributed by atoms with van der Waals surface area (Å²) >= 11 is 0. The van der Waals surface area contributed by atoms with Crippen LogP contribution in [0.4, 0.5) is 0 Å². The lowest BCUT2D eigenvalue weighted by molar-refractivity contribution is -0.136. The molecule has 1 aromatic heterocycles. The minimum Gasteiger partial charge on any atom is -0.481 e. The lowest BCUT2D eigenvalue weighted by Crippen LogP contribution is -2.29. The predicted octanol–water partition coefficient (Wildman–Crippen LogP) is 0.985. The van der Waals surface area contributed by atoms with Gasteiger partial charge in [-0.25, -0.2) is 9.78 Å². The molecule has 0 amide bonds. The molecular weight excluding hydrogens is 208 g/mol. The molecule has 0 spiro atoms. The molecule has 0 saturated heterocycles. The van der Waals surface area contributed by atoms with Crippen molar-refractivity contribution in [3.8, 4) is 0 Å². The zero-order valence-corrected chi connectivity index (χ0v) is 8.93. The number of rotatable bonds is 3. The molecule has 0 unspecified atom stereocenters. The molecule has 86 valence electrons. The first-order valence-electron chi connectivity index (χ1n) is 5.46. The minimum atomic E-state index is -0.919. The third kappa shape index (κ3) is 2.13. The van der Waals surface area contributed by atoms with Gasteiger partial charge in [-0.3, -0.25) is 9.36 Å². The first-order valence-corrected chi connectivity index (χ1v) is 5.46. The smallest absolute Gasteiger partial charge is 0.347 e. The topological polar surface area (TPSA) is 72.2 Å². The first-order chi connectivity index (χ1) is 7.68. The van der Waals surface area contributed by atoms with Gasteiger partial charge in [0.25, 0.3) is 0 Å². The Bertz CT molecular complexity index is 447. The molecule has 1 saturated carbocycles. The fraction of sp³-hybridized carbons (Fsp3) is 0.545. The number of carbonyl (C=O) groups is 1. The SMILES string of the molecule is O=C(O)Cc1ccnc(=O)n1C1CCCC1. The van der Waals surface area contributed by atoms with Gasteiger partial charge in [0.05, 0.1) is 6.42 Å². The van der Waals surface area contributed by atoms with Crippen molar-refractivity contribution in [2.75, 3.05) is 0 Å². The molecule has 1 aromatic rings. The highest BCUT2D eigenvalue weighted by Gasteiger charge is 2.21. The van der Waals surface area contributed by atoms with Crippen molar-refractivity contribution in [3.63, 3.8) is 0 Å². The van der Waals surface area contributed by atoms with E-state index in [1.54, 1.807) is 10.6 Å². The molecule has 0 atom stereocenters. The second kappa shape index (κ2) is 4.47. The number of nitrogens with zero attached hydrogens (tertiary/aromatic N) is 2. The molecule has 1 aliphatic carbocycles. The first kappa shape index (κ1) is 10.9. The van der Waals surface area contributed by atoms with E-state index in [2.05, 4.69) is 4.98 Å². The summed E-state index contributed by atoms with van der Waals surface area (Å²) in [6.45, 7) is 0. The van der Waals surface area contributed by atoms with Crippen LogP contribution in [0.3, 0.4) is 0 Å². The summed E-state index contributed by atoms with van der Waals surface area (Å²) in [5.41, 5.74) is 0.227. The van der Waals surface area contributed by atoms with Crippen LogP contribution in [0.1, 0.15) is 37.4 Å². The van der Waals surface area contributed by atoms with Crippen LogP contribution in [0.25, 0.3) is 0 Å². The van der Waals surface area contributed by atoms with Crippen LogP contribution in [0.2, 0.25) is 0 Å². The number of carboxylic acid groups (broad SMARTS) is 1. The van der Waals surface area contributed by atoms with Crippen LogP contribution in [-0.4, -0.2) is 20.6 Å². The van der Waals surface area contributed by atoms with E-state index in [4.69, 9.17) is 5.11 Å². The van der Waals surface area contributed by atoms with Crippen LogP contribution >= 0.6 is 0 Å². The number of hydrogen-bond acceptors (Lipinski definition) is 3. The van der Waals surface area contributed by atoms with Gasteiger partial charge >= 0.3 is 11.7 Å². The molecule has 16 heavy (non-hydrogen) atoms. The molecule has 5 heteroatoms. The quantitative estimate of drug-likeness (QED) is 0.827. The van der Waals surface area contributed by atoms with Crippen molar-refractivity contribution >= 4 is 5.97 Å². The van der Waals surface area contributed by atoms with Crippen molar-refractivity contribution < 1.29 is 9.90 Å². The van der Waals surface area contributed by atoms with Crippen molar-refractivity contribution in [2.45, 2.75) is 38.1 Å². The second-order valence-corrected chi connectivity index (χ2v) is 4.10. The molecular formula is C11H14N2O3.